The monoisotopic (exact) mass is 173 g/mol. The molecule has 0 amide bonds. The normalized spacial score (nSPS) is 10.8. The zero-order valence-electron chi connectivity index (χ0n) is 9.32. The molecule has 0 aliphatic heterocycles. The second-order valence-electron chi connectivity index (χ2n) is 3.32. The van der Waals surface area contributed by atoms with E-state index in [2.05, 4.69) is 13.8 Å². The van der Waals surface area contributed by atoms with Gasteiger partial charge in [0, 0.05) is 0 Å². The van der Waals surface area contributed by atoms with Crippen LogP contribution >= 0.6 is 0 Å². The fraction of sp³-hybridized carbons (Fsp3) is 0.636. The van der Waals surface area contributed by atoms with Crippen molar-refractivity contribution in [3.05, 3.63) is 18.6 Å². The van der Waals surface area contributed by atoms with Crippen molar-refractivity contribution in [2.24, 2.45) is 0 Å². The Morgan fingerprint density at radius 2 is 2.00 bits per heavy atom. The quantitative estimate of drug-likeness (QED) is 0.265. The summed E-state index contributed by atoms with van der Waals surface area (Å²) >= 11 is 0. The van der Waals surface area contributed by atoms with Crippen LogP contribution in [0.2, 0.25) is 0 Å². The van der Waals surface area contributed by atoms with E-state index in [4.69, 9.17) is 5.41 Å². The van der Waals surface area contributed by atoms with Gasteiger partial charge in [0.2, 0.25) is 0 Å². The fourth-order valence-electron chi connectivity index (χ4n) is 0.988. The van der Waals surface area contributed by atoms with E-state index in [1.54, 1.807) is 0 Å². The van der Waals surface area contributed by atoms with E-state index in [0.717, 1.165) is 24.1 Å². The van der Waals surface area contributed by atoms with Crippen LogP contribution in [0.5, 0.6) is 0 Å². The summed E-state index contributed by atoms with van der Waals surface area (Å²) in [6.45, 7) is 7.93. The molecule has 0 spiro atoms. The molecule has 0 aliphatic rings. The number of allylic oxidation sites excluding steroid dienone is 2. The van der Waals surface area contributed by atoms with Gasteiger partial charge in [0.25, 0.3) is 0 Å². The SMILES string of the molecule is [CH2-]C(C)=CCC(=N)CCCCC.[Li+]. The second-order valence-corrected chi connectivity index (χ2v) is 3.32. The van der Waals surface area contributed by atoms with Crippen LogP contribution in [-0.4, -0.2) is 5.71 Å². The van der Waals surface area contributed by atoms with Crippen LogP contribution in [0, 0.1) is 12.3 Å². The first-order valence-electron chi connectivity index (χ1n) is 4.71. The van der Waals surface area contributed by atoms with Gasteiger partial charge in [-0.15, -0.1) is 0 Å². The Balaban J connectivity index is 0. The Morgan fingerprint density at radius 1 is 1.38 bits per heavy atom. The van der Waals surface area contributed by atoms with Gasteiger partial charge in [-0.05, 0) is 18.6 Å². The molecule has 1 nitrogen and oxygen atoms in total. The third-order valence-corrected chi connectivity index (χ3v) is 1.78. The van der Waals surface area contributed by atoms with Crippen LogP contribution in [0.3, 0.4) is 0 Å². The molecular weight excluding hydrogens is 153 g/mol. The summed E-state index contributed by atoms with van der Waals surface area (Å²) in [6, 6.07) is 0. The van der Waals surface area contributed by atoms with E-state index in [0.29, 0.717) is 0 Å². The van der Waals surface area contributed by atoms with Crippen LogP contribution < -0.4 is 18.9 Å². The largest absolute Gasteiger partial charge is 1.00 e. The van der Waals surface area contributed by atoms with E-state index in [9.17, 15) is 0 Å². The van der Waals surface area contributed by atoms with E-state index in [-0.39, 0.29) is 18.9 Å². The molecule has 2 heteroatoms. The molecule has 0 heterocycles. The first-order chi connectivity index (χ1) is 5.66. The third-order valence-electron chi connectivity index (χ3n) is 1.78. The summed E-state index contributed by atoms with van der Waals surface area (Å²) in [4.78, 5) is 0. The molecule has 1 N–H and O–H groups in total. The zero-order valence-corrected chi connectivity index (χ0v) is 9.32. The molecule has 70 valence electrons. The maximum atomic E-state index is 7.59. The zero-order chi connectivity index (χ0) is 9.40. The number of unbranched alkanes of at least 4 members (excludes halogenated alkanes) is 2. The molecular formula is C11H20LiN. The fourth-order valence-corrected chi connectivity index (χ4v) is 0.988. The van der Waals surface area contributed by atoms with Crippen molar-refractivity contribution in [1.29, 1.82) is 5.41 Å². The minimum absolute atomic E-state index is 0. The number of hydrogen-bond donors (Lipinski definition) is 1. The summed E-state index contributed by atoms with van der Waals surface area (Å²) in [5, 5.41) is 7.59. The van der Waals surface area contributed by atoms with Crippen molar-refractivity contribution in [1.82, 2.24) is 0 Å². The second kappa shape index (κ2) is 9.96. The van der Waals surface area contributed by atoms with Gasteiger partial charge in [-0.25, -0.2) is 18.6 Å². The molecule has 0 saturated carbocycles. The predicted octanol–water partition coefficient (Wildman–Crippen LogP) is 0.761. The molecule has 0 radical (unpaired) electrons. The number of nitrogens with one attached hydrogen (secondary N) is 1. The molecule has 0 rings (SSSR count). The molecule has 0 atom stereocenters. The van der Waals surface area contributed by atoms with Crippen molar-refractivity contribution < 1.29 is 18.9 Å². The van der Waals surface area contributed by atoms with Crippen molar-refractivity contribution in [2.75, 3.05) is 0 Å². The van der Waals surface area contributed by atoms with Gasteiger partial charge in [0.1, 0.15) is 0 Å². The van der Waals surface area contributed by atoms with Gasteiger partial charge >= 0.3 is 18.9 Å². The number of hydrogen-bond acceptors (Lipinski definition) is 1. The van der Waals surface area contributed by atoms with Crippen LogP contribution in [0.25, 0.3) is 0 Å². The Hall–Kier alpha value is -0.123. The van der Waals surface area contributed by atoms with Crippen molar-refractivity contribution in [2.45, 2.75) is 46.0 Å². The number of rotatable bonds is 6. The molecule has 0 saturated heterocycles. The van der Waals surface area contributed by atoms with E-state index in [1.165, 1.54) is 19.3 Å². The molecule has 0 fully saturated rings. The van der Waals surface area contributed by atoms with E-state index < -0.39 is 0 Å². The van der Waals surface area contributed by atoms with Crippen molar-refractivity contribution in [3.63, 3.8) is 0 Å². The van der Waals surface area contributed by atoms with Gasteiger partial charge in [-0.2, -0.15) is 0 Å². The van der Waals surface area contributed by atoms with Gasteiger partial charge < -0.3 is 5.41 Å². The van der Waals surface area contributed by atoms with Crippen LogP contribution in [0.4, 0.5) is 0 Å². The third kappa shape index (κ3) is 11.9. The Labute approximate surface area is 94.7 Å². The van der Waals surface area contributed by atoms with Crippen molar-refractivity contribution in [3.8, 4) is 0 Å². The summed E-state index contributed by atoms with van der Waals surface area (Å²) in [5.41, 5.74) is 1.90. The molecule has 0 aromatic rings. The van der Waals surface area contributed by atoms with Gasteiger partial charge in [0.15, 0.2) is 0 Å². The smallest absolute Gasteiger partial charge is 0.311 e. The molecule has 0 aliphatic carbocycles. The van der Waals surface area contributed by atoms with Crippen LogP contribution in [-0.2, 0) is 0 Å². The summed E-state index contributed by atoms with van der Waals surface area (Å²) in [7, 11) is 0. The Bertz CT molecular complexity index is 157. The summed E-state index contributed by atoms with van der Waals surface area (Å²) < 4.78 is 0. The molecule has 13 heavy (non-hydrogen) atoms. The average Bonchev–Trinajstić information content (AvgIpc) is 2.01. The maximum Gasteiger partial charge on any atom is 1.00 e. The first-order valence-corrected chi connectivity index (χ1v) is 4.71. The molecule has 0 unspecified atom stereocenters. The van der Waals surface area contributed by atoms with Gasteiger partial charge in [-0.1, -0.05) is 33.1 Å². The minimum atomic E-state index is 0. The van der Waals surface area contributed by atoms with Gasteiger partial charge in [-0.3, -0.25) is 0 Å². The standard InChI is InChI=1S/C11H20N.Li/c1-4-5-6-7-11(12)9-8-10(2)3;/h8,12H,2,4-7,9H2,1,3H3;/q-1;+1. The maximum absolute atomic E-state index is 7.59. The average molecular weight is 173 g/mol. The Morgan fingerprint density at radius 3 is 2.46 bits per heavy atom. The summed E-state index contributed by atoms with van der Waals surface area (Å²) in [5.74, 6) is 0. The van der Waals surface area contributed by atoms with Crippen LogP contribution in [0.1, 0.15) is 46.0 Å². The molecule has 0 aromatic carbocycles. The molecule has 0 bridgehead atoms. The minimum Gasteiger partial charge on any atom is -0.311 e. The summed E-state index contributed by atoms with van der Waals surface area (Å²) in [6.07, 6.45) is 7.41. The predicted molar refractivity (Wildman–Crippen MR) is 55.6 cm³/mol. The van der Waals surface area contributed by atoms with Gasteiger partial charge in [0.05, 0.1) is 0 Å². The van der Waals surface area contributed by atoms with E-state index >= 15 is 0 Å². The van der Waals surface area contributed by atoms with Crippen molar-refractivity contribution >= 4 is 5.71 Å². The first kappa shape index (κ1) is 15.4. The topological polar surface area (TPSA) is 23.9 Å². The van der Waals surface area contributed by atoms with Crippen LogP contribution in [0.15, 0.2) is 11.6 Å². The Kier molecular flexibility index (Phi) is 11.8. The molecule has 0 aromatic heterocycles. The van der Waals surface area contributed by atoms with E-state index in [1.807, 2.05) is 13.0 Å².